The normalized spacial score (nSPS) is 19.8. The fraction of sp³-hybridized carbons (Fsp3) is 0.235. The van der Waals surface area contributed by atoms with Crippen molar-refractivity contribution in [3.63, 3.8) is 0 Å². The lowest BCUT2D eigenvalue weighted by atomic mass is 10.1. The smallest absolute Gasteiger partial charge is 0.240 e. The standard InChI is InChI=1S/C17H17FN2O3S/c1-11(21)19-17-9-13(7-8-15(17)18)24(22,23)20-16-10-14(16)12-5-3-2-4-6-12/h2-9,14,16,20H,10H2,1H3,(H,19,21). The molecule has 2 aromatic carbocycles. The summed E-state index contributed by atoms with van der Waals surface area (Å²) in [5, 5.41) is 2.28. The fourth-order valence-corrected chi connectivity index (χ4v) is 3.93. The minimum absolute atomic E-state index is 0.0774. The van der Waals surface area contributed by atoms with Gasteiger partial charge in [0.05, 0.1) is 10.6 Å². The third kappa shape index (κ3) is 3.63. The van der Waals surface area contributed by atoms with Crippen LogP contribution in [-0.2, 0) is 14.8 Å². The van der Waals surface area contributed by atoms with Gasteiger partial charge in [0.2, 0.25) is 15.9 Å². The number of carbonyl (C=O) groups is 1. The Morgan fingerprint density at radius 3 is 2.54 bits per heavy atom. The molecule has 0 radical (unpaired) electrons. The number of nitrogens with one attached hydrogen (secondary N) is 2. The van der Waals surface area contributed by atoms with Crippen LogP contribution >= 0.6 is 0 Å². The third-order valence-corrected chi connectivity index (χ3v) is 5.37. The molecule has 0 aromatic heterocycles. The number of anilines is 1. The molecule has 1 saturated carbocycles. The van der Waals surface area contributed by atoms with E-state index in [1.807, 2.05) is 30.3 Å². The van der Waals surface area contributed by atoms with Crippen LogP contribution in [0.25, 0.3) is 0 Å². The molecule has 1 aliphatic rings. The molecule has 0 spiro atoms. The van der Waals surface area contributed by atoms with Gasteiger partial charge in [-0.1, -0.05) is 30.3 Å². The molecule has 2 atom stereocenters. The number of benzene rings is 2. The van der Waals surface area contributed by atoms with Gasteiger partial charge < -0.3 is 5.32 Å². The zero-order valence-electron chi connectivity index (χ0n) is 13.0. The lowest BCUT2D eigenvalue weighted by molar-refractivity contribution is -0.114. The van der Waals surface area contributed by atoms with Gasteiger partial charge in [0.1, 0.15) is 5.82 Å². The number of hydrogen-bond acceptors (Lipinski definition) is 3. The van der Waals surface area contributed by atoms with E-state index in [2.05, 4.69) is 10.0 Å². The lowest BCUT2D eigenvalue weighted by Gasteiger charge is -2.09. The summed E-state index contributed by atoms with van der Waals surface area (Å²) in [6.07, 6.45) is 0.725. The zero-order chi connectivity index (χ0) is 17.3. The van der Waals surface area contributed by atoms with Crippen molar-refractivity contribution < 1.29 is 17.6 Å². The van der Waals surface area contributed by atoms with Crippen molar-refractivity contribution in [3.05, 3.63) is 59.9 Å². The maximum Gasteiger partial charge on any atom is 0.240 e. The van der Waals surface area contributed by atoms with Crippen LogP contribution in [0.2, 0.25) is 0 Å². The van der Waals surface area contributed by atoms with E-state index < -0.39 is 21.7 Å². The number of sulfonamides is 1. The first-order valence-corrected chi connectivity index (χ1v) is 8.99. The molecule has 1 fully saturated rings. The number of amides is 1. The van der Waals surface area contributed by atoms with Gasteiger partial charge in [-0.05, 0) is 30.2 Å². The second-order valence-electron chi connectivity index (χ2n) is 5.80. The molecule has 2 unspecified atom stereocenters. The summed E-state index contributed by atoms with van der Waals surface area (Å²) in [5.41, 5.74) is 0.934. The first-order valence-electron chi connectivity index (χ1n) is 7.51. The number of halogens is 1. The van der Waals surface area contributed by atoms with E-state index in [9.17, 15) is 17.6 Å². The third-order valence-electron chi connectivity index (χ3n) is 3.88. The van der Waals surface area contributed by atoms with Crippen molar-refractivity contribution in [1.82, 2.24) is 4.72 Å². The van der Waals surface area contributed by atoms with Gasteiger partial charge in [-0.2, -0.15) is 0 Å². The van der Waals surface area contributed by atoms with Gasteiger partial charge in [0.25, 0.3) is 0 Å². The Morgan fingerprint density at radius 1 is 1.17 bits per heavy atom. The van der Waals surface area contributed by atoms with Gasteiger partial charge >= 0.3 is 0 Å². The highest BCUT2D eigenvalue weighted by atomic mass is 32.2. The first kappa shape index (κ1) is 16.6. The van der Waals surface area contributed by atoms with Crippen molar-refractivity contribution in [2.45, 2.75) is 30.2 Å². The molecule has 0 heterocycles. The summed E-state index contributed by atoms with van der Waals surface area (Å²) in [5.74, 6) is -1.00. The highest BCUT2D eigenvalue weighted by molar-refractivity contribution is 7.89. The molecule has 7 heteroatoms. The first-order chi connectivity index (χ1) is 11.4. The maximum atomic E-state index is 13.6. The van der Waals surface area contributed by atoms with Crippen molar-refractivity contribution >= 4 is 21.6 Å². The molecule has 0 saturated heterocycles. The Bertz CT molecular complexity index is 869. The monoisotopic (exact) mass is 348 g/mol. The largest absolute Gasteiger partial charge is 0.324 e. The predicted octanol–water partition coefficient (Wildman–Crippen LogP) is 2.62. The summed E-state index contributed by atoms with van der Waals surface area (Å²) in [7, 11) is -3.78. The van der Waals surface area contributed by atoms with Crippen LogP contribution < -0.4 is 10.0 Å². The topological polar surface area (TPSA) is 75.3 Å². The Kier molecular flexibility index (Phi) is 4.38. The van der Waals surface area contributed by atoms with E-state index in [4.69, 9.17) is 0 Å². The number of rotatable bonds is 5. The van der Waals surface area contributed by atoms with Crippen LogP contribution in [0, 0.1) is 5.82 Å². The molecule has 2 aromatic rings. The van der Waals surface area contributed by atoms with E-state index in [0.29, 0.717) is 0 Å². The molecule has 2 N–H and O–H groups in total. The summed E-state index contributed by atoms with van der Waals surface area (Å²) in [4.78, 5) is 11.0. The average molecular weight is 348 g/mol. The summed E-state index contributed by atoms with van der Waals surface area (Å²) in [6, 6.07) is 12.8. The Balaban J connectivity index is 1.76. The molecule has 1 aliphatic carbocycles. The van der Waals surface area contributed by atoms with Gasteiger partial charge in [0.15, 0.2) is 0 Å². The van der Waals surface area contributed by atoms with E-state index in [1.54, 1.807) is 0 Å². The molecule has 1 amide bonds. The lowest BCUT2D eigenvalue weighted by Crippen LogP contribution is -2.27. The highest BCUT2D eigenvalue weighted by Crippen LogP contribution is 2.41. The van der Waals surface area contributed by atoms with Crippen molar-refractivity contribution in [3.8, 4) is 0 Å². The van der Waals surface area contributed by atoms with Crippen molar-refractivity contribution in [2.75, 3.05) is 5.32 Å². The van der Waals surface area contributed by atoms with E-state index in [0.717, 1.165) is 24.1 Å². The second-order valence-corrected chi connectivity index (χ2v) is 7.52. The van der Waals surface area contributed by atoms with Gasteiger partial charge in [-0.25, -0.2) is 17.5 Å². The molecule has 0 bridgehead atoms. The van der Waals surface area contributed by atoms with E-state index in [-0.39, 0.29) is 22.5 Å². The average Bonchev–Trinajstić information content (AvgIpc) is 3.28. The molecular weight excluding hydrogens is 331 g/mol. The number of carbonyl (C=O) groups excluding carboxylic acids is 1. The zero-order valence-corrected chi connectivity index (χ0v) is 13.8. The van der Waals surface area contributed by atoms with Crippen molar-refractivity contribution in [1.29, 1.82) is 0 Å². The Labute approximate surface area is 139 Å². The van der Waals surface area contributed by atoms with Gasteiger partial charge in [-0.3, -0.25) is 4.79 Å². The summed E-state index contributed by atoms with van der Waals surface area (Å²) >= 11 is 0. The van der Waals surface area contributed by atoms with E-state index in [1.165, 1.54) is 13.0 Å². The molecular formula is C17H17FN2O3S. The Hall–Kier alpha value is -2.25. The molecule has 126 valence electrons. The predicted molar refractivity (Wildman–Crippen MR) is 88.6 cm³/mol. The maximum absolute atomic E-state index is 13.6. The quantitative estimate of drug-likeness (QED) is 0.872. The number of hydrogen-bond donors (Lipinski definition) is 2. The SMILES string of the molecule is CC(=O)Nc1cc(S(=O)(=O)NC2CC2c2ccccc2)ccc1F. The van der Waals surface area contributed by atoms with Gasteiger partial charge in [0, 0.05) is 18.9 Å². The Morgan fingerprint density at radius 2 is 1.88 bits per heavy atom. The summed E-state index contributed by atoms with van der Waals surface area (Å²) < 4.78 is 41.2. The minimum Gasteiger partial charge on any atom is -0.324 e. The fourth-order valence-electron chi connectivity index (χ4n) is 2.62. The molecule has 3 rings (SSSR count). The second kappa shape index (κ2) is 6.33. The molecule has 5 nitrogen and oxygen atoms in total. The van der Waals surface area contributed by atoms with Crippen LogP contribution in [0.1, 0.15) is 24.8 Å². The van der Waals surface area contributed by atoms with E-state index >= 15 is 0 Å². The molecule has 0 aliphatic heterocycles. The van der Waals surface area contributed by atoms with Crippen LogP contribution in [0.5, 0.6) is 0 Å². The molecule has 24 heavy (non-hydrogen) atoms. The van der Waals surface area contributed by atoms with Crippen molar-refractivity contribution in [2.24, 2.45) is 0 Å². The van der Waals surface area contributed by atoms with Crippen LogP contribution in [-0.4, -0.2) is 20.4 Å². The van der Waals surface area contributed by atoms with Crippen LogP contribution in [0.15, 0.2) is 53.4 Å². The highest BCUT2D eigenvalue weighted by Gasteiger charge is 2.41. The van der Waals surface area contributed by atoms with Crippen LogP contribution in [0.4, 0.5) is 10.1 Å². The van der Waals surface area contributed by atoms with Gasteiger partial charge in [-0.15, -0.1) is 0 Å². The minimum atomic E-state index is -3.78. The summed E-state index contributed by atoms with van der Waals surface area (Å²) in [6.45, 7) is 1.23. The van der Waals surface area contributed by atoms with Crippen LogP contribution in [0.3, 0.4) is 0 Å².